The molecule has 1 aromatic heterocycles. The highest BCUT2D eigenvalue weighted by Crippen LogP contribution is 2.39. The SMILES string of the molecule is C[C@H]1CCc2c(sc(NC(=O)CCSc3ccc(F)cc3)c2C#N)C1. The fraction of sp³-hybridized carbons (Fsp3) is 0.368. The predicted octanol–water partition coefficient (Wildman–Crippen LogP) is 5.00. The zero-order valence-corrected chi connectivity index (χ0v) is 15.6. The van der Waals surface area contributed by atoms with E-state index >= 15 is 0 Å². The van der Waals surface area contributed by atoms with Crippen LogP contribution in [0.25, 0.3) is 0 Å². The molecule has 0 aliphatic heterocycles. The second-order valence-electron chi connectivity index (χ2n) is 6.27. The molecular formula is C19H19FN2OS2. The number of thiophene rings is 1. The van der Waals surface area contributed by atoms with Gasteiger partial charge in [-0.15, -0.1) is 23.1 Å². The van der Waals surface area contributed by atoms with Gasteiger partial charge in [-0.1, -0.05) is 6.92 Å². The highest BCUT2D eigenvalue weighted by Gasteiger charge is 2.24. The minimum Gasteiger partial charge on any atom is -0.317 e. The molecule has 25 heavy (non-hydrogen) atoms. The Balaban J connectivity index is 1.58. The van der Waals surface area contributed by atoms with Crippen molar-refractivity contribution in [1.82, 2.24) is 0 Å². The summed E-state index contributed by atoms with van der Waals surface area (Å²) in [6.45, 7) is 2.22. The van der Waals surface area contributed by atoms with Crippen LogP contribution in [0.15, 0.2) is 29.2 Å². The number of nitriles is 1. The van der Waals surface area contributed by atoms with Crippen molar-refractivity contribution in [3.63, 3.8) is 0 Å². The summed E-state index contributed by atoms with van der Waals surface area (Å²) in [4.78, 5) is 14.4. The Labute approximate surface area is 155 Å². The number of hydrogen-bond acceptors (Lipinski definition) is 4. The number of amides is 1. The highest BCUT2D eigenvalue weighted by atomic mass is 32.2. The van der Waals surface area contributed by atoms with Gasteiger partial charge in [0.15, 0.2) is 0 Å². The van der Waals surface area contributed by atoms with Crippen LogP contribution in [0.2, 0.25) is 0 Å². The van der Waals surface area contributed by atoms with Gasteiger partial charge in [-0.25, -0.2) is 4.39 Å². The lowest BCUT2D eigenvalue weighted by Crippen LogP contribution is -2.12. The van der Waals surface area contributed by atoms with Crippen molar-refractivity contribution in [1.29, 1.82) is 5.26 Å². The van der Waals surface area contributed by atoms with Crippen molar-refractivity contribution >= 4 is 34.0 Å². The maximum atomic E-state index is 12.9. The lowest BCUT2D eigenvalue weighted by atomic mass is 9.89. The molecule has 1 aliphatic rings. The third kappa shape index (κ3) is 4.42. The number of halogens is 1. The minimum absolute atomic E-state index is 0.0854. The Morgan fingerprint density at radius 3 is 2.92 bits per heavy atom. The molecule has 2 aromatic rings. The van der Waals surface area contributed by atoms with Gasteiger partial charge in [-0.3, -0.25) is 4.79 Å². The molecule has 1 aromatic carbocycles. The van der Waals surface area contributed by atoms with Crippen molar-refractivity contribution < 1.29 is 9.18 Å². The van der Waals surface area contributed by atoms with E-state index in [0.717, 1.165) is 29.7 Å². The zero-order chi connectivity index (χ0) is 17.8. The normalized spacial score (nSPS) is 16.1. The maximum Gasteiger partial charge on any atom is 0.225 e. The smallest absolute Gasteiger partial charge is 0.225 e. The van der Waals surface area contributed by atoms with E-state index in [0.29, 0.717) is 28.7 Å². The number of rotatable bonds is 5. The molecule has 1 heterocycles. The van der Waals surface area contributed by atoms with Crippen LogP contribution >= 0.6 is 23.1 Å². The summed E-state index contributed by atoms with van der Waals surface area (Å²) < 4.78 is 12.9. The van der Waals surface area contributed by atoms with Crippen molar-refractivity contribution in [2.75, 3.05) is 11.1 Å². The topological polar surface area (TPSA) is 52.9 Å². The Morgan fingerprint density at radius 2 is 2.20 bits per heavy atom. The quantitative estimate of drug-likeness (QED) is 0.749. The second kappa shape index (κ2) is 8.03. The summed E-state index contributed by atoms with van der Waals surface area (Å²) in [7, 11) is 0. The molecule has 0 radical (unpaired) electrons. The van der Waals surface area contributed by atoms with Gasteiger partial charge in [0.05, 0.1) is 5.56 Å². The third-order valence-corrected chi connectivity index (χ3v) is 6.47. The van der Waals surface area contributed by atoms with Crippen molar-refractivity contribution in [2.24, 2.45) is 5.92 Å². The molecular weight excluding hydrogens is 355 g/mol. The largest absolute Gasteiger partial charge is 0.317 e. The van der Waals surface area contributed by atoms with Gasteiger partial charge in [0.2, 0.25) is 5.91 Å². The molecule has 6 heteroatoms. The number of carbonyl (C=O) groups excluding carboxylic acids is 1. The van der Waals surface area contributed by atoms with Crippen LogP contribution in [0.1, 0.15) is 35.8 Å². The van der Waals surface area contributed by atoms with E-state index in [1.54, 1.807) is 23.5 Å². The number of benzene rings is 1. The number of nitrogens with zero attached hydrogens (tertiary/aromatic N) is 1. The van der Waals surface area contributed by atoms with E-state index in [4.69, 9.17) is 0 Å². The molecule has 3 nitrogen and oxygen atoms in total. The molecule has 0 unspecified atom stereocenters. The molecule has 1 aliphatic carbocycles. The molecule has 3 rings (SSSR count). The van der Waals surface area contributed by atoms with Crippen LogP contribution in [0.4, 0.5) is 9.39 Å². The summed E-state index contributed by atoms with van der Waals surface area (Å²) in [5, 5.41) is 13.1. The monoisotopic (exact) mass is 374 g/mol. The van der Waals surface area contributed by atoms with Crippen LogP contribution in [0.5, 0.6) is 0 Å². The fourth-order valence-electron chi connectivity index (χ4n) is 2.94. The Hall–Kier alpha value is -1.84. The van der Waals surface area contributed by atoms with Gasteiger partial charge < -0.3 is 5.32 Å². The summed E-state index contributed by atoms with van der Waals surface area (Å²) in [6, 6.07) is 8.51. The molecule has 0 saturated heterocycles. The van der Waals surface area contributed by atoms with Crippen molar-refractivity contribution in [3.05, 3.63) is 46.1 Å². The van der Waals surface area contributed by atoms with Crippen LogP contribution in [-0.2, 0) is 17.6 Å². The summed E-state index contributed by atoms with van der Waals surface area (Å²) in [5.41, 5.74) is 1.77. The summed E-state index contributed by atoms with van der Waals surface area (Å²) in [5.74, 6) is 0.898. The number of nitrogens with one attached hydrogen (secondary N) is 1. The van der Waals surface area contributed by atoms with E-state index in [2.05, 4.69) is 18.3 Å². The highest BCUT2D eigenvalue weighted by molar-refractivity contribution is 7.99. The van der Waals surface area contributed by atoms with Crippen LogP contribution in [0, 0.1) is 23.1 Å². The van der Waals surface area contributed by atoms with Crippen LogP contribution < -0.4 is 5.32 Å². The van der Waals surface area contributed by atoms with E-state index in [1.807, 2.05) is 0 Å². The van der Waals surface area contributed by atoms with Gasteiger partial charge in [-0.2, -0.15) is 5.26 Å². The van der Waals surface area contributed by atoms with Gasteiger partial charge in [0.25, 0.3) is 0 Å². The first-order valence-corrected chi connectivity index (χ1v) is 10.1. The van der Waals surface area contributed by atoms with Crippen LogP contribution in [-0.4, -0.2) is 11.7 Å². The Bertz CT molecular complexity index is 808. The third-order valence-electron chi connectivity index (χ3n) is 4.29. The standard InChI is InChI=1S/C19H19FN2OS2/c1-12-2-7-15-16(11-21)19(25-17(15)10-12)22-18(23)8-9-24-14-5-3-13(20)4-6-14/h3-6,12H,2,7-10H2,1H3,(H,22,23)/t12-/m0/s1. The van der Waals surface area contributed by atoms with E-state index in [-0.39, 0.29) is 11.7 Å². The van der Waals surface area contributed by atoms with Gasteiger partial charge in [0.1, 0.15) is 16.9 Å². The van der Waals surface area contributed by atoms with Gasteiger partial charge in [0, 0.05) is 21.9 Å². The van der Waals surface area contributed by atoms with E-state index in [1.165, 1.54) is 28.8 Å². The lowest BCUT2D eigenvalue weighted by molar-refractivity contribution is -0.115. The Morgan fingerprint density at radius 1 is 1.44 bits per heavy atom. The van der Waals surface area contributed by atoms with Gasteiger partial charge in [-0.05, 0) is 55.0 Å². The fourth-order valence-corrected chi connectivity index (χ4v) is 5.17. The van der Waals surface area contributed by atoms with Crippen molar-refractivity contribution in [3.8, 4) is 6.07 Å². The average molecular weight is 375 g/mol. The zero-order valence-electron chi connectivity index (χ0n) is 14.0. The molecule has 1 atom stereocenters. The average Bonchev–Trinajstić information content (AvgIpc) is 2.92. The molecule has 0 fully saturated rings. The number of hydrogen-bond donors (Lipinski definition) is 1. The first-order valence-electron chi connectivity index (χ1n) is 8.29. The van der Waals surface area contributed by atoms with Crippen LogP contribution in [0.3, 0.4) is 0 Å². The van der Waals surface area contributed by atoms with Crippen molar-refractivity contribution in [2.45, 2.75) is 37.5 Å². The molecule has 130 valence electrons. The Kier molecular flexibility index (Phi) is 5.77. The first-order chi connectivity index (χ1) is 12.1. The lowest BCUT2D eigenvalue weighted by Gasteiger charge is -2.17. The maximum absolute atomic E-state index is 12.9. The first kappa shape index (κ1) is 18.0. The molecule has 0 spiro atoms. The number of anilines is 1. The molecule has 0 bridgehead atoms. The number of thioether (sulfide) groups is 1. The number of carbonyl (C=O) groups is 1. The minimum atomic E-state index is -0.262. The summed E-state index contributed by atoms with van der Waals surface area (Å²) in [6.07, 6.45) is 3.36. The molecule has 0 saturated carbocycles. The second-order valence-corrected chi connectivity index (χ2v) is 8.54. The number of fused-ring (bicyclic) bond motifs is 1. The van der Waals surface area contributed by atoms with E-state index in [9.17, 15) is 14.4 Å². The summed E-state index contributed by atoms with van der Waals surface area (Å²) >= 11 is 3.06. The van der Waals surface area contributed by atoms with E-state index < -0.39 is 0 Å². The molecule has 1 N–H and O–H groups in total. The molecule has 1 amide bonds. The van der Waals surface area contributed by atoms with Gasteiger partial charge >= 0.3 is 0 Å². The predicted molar refractivity (Wildman–Crippen MR) is 101 cm³/mol.